The van der Waals surface area contributed by atoms with Crippen LogP contribution in [0.5, 0.6) is 0 Å². The number of allylic oxidation sites excluding steroid dienone is 1. The highest BCUT2D eigenvalue weighted by atomic mass is 16.5. The van der Waals surface area contributed by atoms with Crippen LogP contribution in [0.15, 0.2) is 11.8 Å². The highest BCUT2D eigenvalue weighted by Gasteiger charge is 2.57. The Morgan fingerprint density at radius 1 is 1.38 bits per heavy atom. The third-order valence-corrected chi connectivity index (χ3v) is 5.76. The maximum absolute atomic E-state index is 6.17. The maximum Gasteiger partial charge on any atom is 0.111 e. The van der Waals surface area contributed by atoms with Crippen molar-refractivity contribution in [2.45, 2.75) is 64.9 Å². The molecule has 3 aliphatic rings. The highest BCUT2D eigenvalue weighted by molar-refractivity contribution is 5.25. The minimum atomic E-state index is 0.176. The second kappa shape index (κ2) is 3.27. The minimum absolute atomic E-state index is 0.176. The SMILES string of the molecule is CC(C)[C@]12CC[C@]3(C1)C(=CO2)CCC[C@H]3C. The zero-order valence-electron chi connectivity index (χ0n) is 10.9. The van der Waals surface area contributed by atoms with Gasteiger partial charge in [-0.15, -0.1) is 0 Å². The van der Waals surface area contributed by atoms with E-state index in [1.807, 2.05) is 0 Å². The molecule has 2 saturated carbocycles. The summed E-state index contributed by atoms with van der Waals surface area (Å²) in [6, 6.07) is 0. The Morgan fingerprint density at radius 2 is 2.19 bits per heavy atom. The first-order valence-corrected chi connectivity index (χ1v) is 6.96. The van der Waals surface area contributed by atoms with Crippen LogP contribution in [0, 0.1) is 17.3 Å². The van der Waals surface area contributed by atoms with Crippen LogP contribution in [-0.2, 0) is 4.74 Å². The molecule has 2 fully saturated rings. The number of rotatable bonds is 1. The van der Waals surface area contributed by atoms with E-state index < -0.39 is 0 Å². The van der Waals surface area contributed by atoms with Crippen molar-refractivity contribution in [2.75, 3.05) is 0 Å². The van der Waals surface area contributed by atoms with Crippen molar-refractivity contribution in [1.29, 1.82) is 0 Å². The second-order valence-corrected chi connectivity index (χ2v) is 6.61. The molecule has 0 aromatic rings. The number of fused-ring (bicyclic) bond motifs is 1. The van der Waals surface area contributed by atoms with Crippen molar-refractivity contribution < 1.29 is 4.74 Å². The number of hydrogen-bond acceptors (Lipinski definition) is 1. The van der Waals surface area contributed by atoms with Gasteiger partial charge in [0.1, 0.15) is 5.60 Å². The van der Waals surface area contributed by atoms with Gasteiger partial charge in [-0.05, 0) is 55.9 Å². The predicted octanol–water partition coefficient (Wildman–Crippen LogP) is 4.29. The fraction of sp³-hybridized carbons (Fsp3) is 0.867. The first-order valence-electron chi connectivity index (χ1n) is 6.96. The van der Waals surface area contributed by atoms with Crippen molar-refractivity contribution in [3.05, 3.63) is 11.8 Å². The molecule has 90 valence electrons. The van der Waals surface area contributed by atoms with Crippen LogP contribution in [-0.4, -0.2) is 5.60 Å². The quantitative estimate of drug-likeness (QED) is 0.640. The van der Waals surface area contributed by atoms with Crippen LogP contribution < -0.4 is 0 Å². The average Bonchev–Trinajstić information content (AvgIpc) is 2.57. The van der Waals surface area contributed by atoms with Crippen molar-refractivity contribution in [2.24, 2.45) is 17.3 Å². The van der Waals surface area contributed by atoms with Gasteiger partial charge in [0.05, 0.1) is 6.26 Å². The molecule has 1 spiro atoms. The van der Waals surface area contributed by atoms with Gasteiger partial charge in [-0.3, -0.25) is 0 Å². The molecule has 1 heterocycles. The van der Waals surface area contributed by atoms with Crippen LogP contribution in [0.25, 0.3) is 0 Å². The lowest BCUT2D eigenvalue weighted by atomic mass is 9.61. The van der Waals surface area contributed by atoms with Gasteiger partial charge in [0.2, 0.25) is 0 Å². The fourth-order valence-electron chi connectivity index (χ4n) is 4.37. The third-order valence-electron chi connectivity index (χ3n) is 5.76. The molecule has 0 amide bonds. The largest absolute Gasteiger partial charge is 0.495 e. The fourth-order valence-corrected chi connectivity index (χ4v) is 4.37. The Balaban J connectivity index is 2.00. The van der Waals surface area contributed by atoms with Gasteiger partial charge in [0, 0.05) is 5.41 Å². The molecule has 2 aliphatic carbocycles. The molecule has 0 N–H and O–H groups in total. The molecule has 0 aromatic carbocycles. The Labute approximate surface area is 99.3 Å². The Kier molecular flexibility index (Phi) is 2.18. The summed E-state index contributed by atoms with van der Waals surface area (Å²) in [5, 5.41) is 0. The predicted molar refractivity (Wildman–Crippen MR) is 66.0 cm³/mol. The molecule has 1 nitrogen and oxygen atoms in total. The first-order chi connectivity index (χ1) is 7.59. The van der Waals surface area contributed by atoms with Crippen LogP contribution >= 0.6 is 0 Å². The molecule has 3 atom stereocenters. The van der Waals surface area contributed by atoms with Crippen LogP contribution in [0.3, 0.4) is 0 Å². The van der Waals surface area contributed by atoms with Crippen molar-refractivity contribution in [3.63, 3.8) is 0 Å². The van der Waals surface area contributed by atoms with Crippen molar-refractivity contribution >= 4 is 0 Å². The van der Waals surface area contributed by atoms with Gasteiger partial charge >= 0.3 is 0 Å². The monoisotopic (exact) mass is 220 g/mol. The molecule has 0 radical (unpaired) electrons. The Hall–Kier alpha value is -0.460. The number of hydrogen-bond donors (Lipinski definition) is 0. The van der Waals surface area contributed by atoms with Crippen LogP contribution in [0.2, 0.25) is 0 Å². The van der Waals surface area contributed by atoms with E-state index in [0.717, 1.165) is 5.92 Å². The lowest BCUT2D eigenvalue weighted by molar-refractivity contribution is -0.0463. The number of ether oxygens (including phenoxy) is 1. The van der Waals surface area contributed by atoms with E-state index in [1.165, 1.54) is 38.5 Å². The summed E-state index contributed by atoms with van der Waals surface area (Å²) in [5.41, 5.74) is 2.34. The van der Waals surface area contributed by atoms with Crippen molar-refractivity contribution in [3.8, 4) is 0 Å². The van der Waals surface area contributed by atoms with E-state index in [4.69, 9.17) is 4.74 Å². The summed E-state index contributed by atoms with van der Waals surface area (Å²) in [5.74, 6) is 1.52. The van der Waals surface area contributed by atoms with Gasteiger partial charge in [-0.2, -0.15) is 0 Å². The Bertz CT molecular complexity index is 330. The minimum Gasteiger partial charge on any atom is -0.495 e. The molecule has 1 heteroatoms. The second-order valence-electron chi connectivity index (χ2n) is 6.61. The summed E-state index contributed by atoms with van der Waals surface area (Å²) in [7, 11) is 0. The molecular weight excluding hydrogens is 196 g/mol. The van der Waals surface area contributed by atoms with E-state index >= 15 is 0 Å². The Morgan fingerprint density at radius 3 is 2.94 bits per heavy atom. The molecule has 16 heavy (non-hydrogen) atoms. The summed E-state index contributed by atoms with van der Waals surface area (Å²) in [4.78, 5) is 0. The van der Waals surface area contributed by atoms with Crippen molar-refractivity contribution in [1.82, 2.24) is 0 Å². The molecule has 3 rings (SSSR count). The standard InChI is InChI=1S/C15H24O/c1-11(2)15-8-7-14(10-15)12(3)5-4-6-13(14)9-16-15/h9,11-12H,4-8,10H2,1-3H3/t12-,14-,15+/m1/s1. The van der Waals surface area contributed by atoms with E-state index in [0.29, 0.717) is 11.3 Å². The van der Waals surface area contributed by atoms with E-state index in [2.05, 4.69) is 27.0 Å². The van der Waals surface area contributed by atoms with Gasteiger partial charge in [-0.25, -0.2) is 0 Å². The van der Waals surface area contributed by atoms with Crippen LogP contribution in [0.1, 0.15) is 59.3 Å². The summed E-state index contributed by atoms with van der Waals surface area (Å²) in [6.07, 6.45) is 10.2. The van der Waals surface area contributed by atoms with Gasteiger partial charge < -0.3 is 4.74 Å². The summed E-state index contributed by atoms with van der Waals surface area (Å²) in [6.45, 7) is 7.12. The average molecular weight is 220 g/mol. The topological polar surface area (TPSA) is 9.23 Å². The van der Waals surface area contributed by atoms with E-state index in [1.54, 1.807) is 5.57 Å². The lowest BCUT2D eigenvalue weighted by Crippen LogP contribution is -2.42. The zero-order valence-corrected chi connectivity index (χ0v) is 10.9. The summed E-state index contributed by atoms with van der Waals surface area (Å²) >= 11 is 0. The van der Waals surface area contributed by atoms with E-state index in [9.17, 15) is 0 Å². The third kappa shape index (κ3) is 1.18. The molecule has 2 bridgehead atoms. The van der Waals surface area contributed by atoms with Crippen LogP contribution in [0.4, 0.5) is 0 Å². The molecular formula is C15H24O. The van der Waals surface area contributed by atoms with Gasteiger partial charge in [0.25, 0.3) is 0 Å². The highest BCUT2D eigenvalue weighted by Crippen LogP contribution is 2.63. The van der Waals surface area contributed by atoms with Gasteiger partial charge in [-0.1, -0.05) is 20.8 Å². The maximum atomic E-state index is 6.17. The van der Waals surface area contributed by atoms with Gasteiger partial charge in [0.15, 0.2) is 0 Å². The summed E-state index contributed by atoms with van der Waals surface area (Å²) < 4.78 is 6.17. The zero-order chi connectivity index (χ0) is 11.4. The molecule has 0 aromatic heterocycles. The first kappa shape index (κ1) is 10.7. The smallest absolute Gasteiger partial charge is 0.111 e. The molecule has 0 unspecified atom stereocenters. The molecule has 0 saturated heterocycles. The van der Waals surface area contributed by atoms with E-state index in [-0.39, 0.29) is 5.60 Å². The lowest BCUT2D eigenvalue weighted by Gasteiger charge is -2.47. The molecule has 1 aliphatic heterocycles. The normalized spacial score (nSPS) is 46.2.